The highest BCUT2D eigenvalue weighted by Crippen LogP contribution is 2.36. The van der Waals surface area contributed by atoms with E-state index in [1.165, 1.54) is 11.1 Å². The lowest BCUT2D eigenvalue weighted by atomic mass is 9.92. The van der Waals surface area contributed by atoms with Crippen LogP contribution in [0.1, 0.15) is 30.4 Å². The van der Waals surface area contributed by atoms with Crippen LogP contribution in [0.5, 0.6) is 11.5 Å². The van der Waals surface area contributed by atoms with Crippen LogP contribution in [0.15, 0.2) is 12.1 Å². The zero-order valence-electron chi connectivity index (χ0n) is 10.9. The molecule has 1 aromatic rings. The molecule has 1 aliphatic heterocycles. The minimum absolute atomic E-state index is 0.538. The molecule has 17 heavy (non-hydrogen) atoms. The van der Waals surface area contributed by atoms with Gasteiger partial charge in [-0.05, 0) is 49.6 Å². The number of rotatable bonds is 4. The Bertz CT molecular complexity index is 390. The second kappa shape index (κ2) is 5.41. The predicted molar refractivity (Wildman–Crippen MR) is 69.1 cm³/mol. The summed E-state index contributed by atoms with van der Waals surface area (Å²) in [6, 6.07) is 4.25. The van der Waals surface area contributed by atoms with Crippen molar-refractivity contribution in [1.29, 1.82) is 0 Å². The summed E-state index contributed by atoms with van der Waals surface area (Å²) < 4.78 is 11.2. The molecule has 0 saturated heterocycles. The van der Waals surface area contributed by atoms with Gasteiger partial charge in [-0.25, -0.2) is 0 Å². The fourth-order valence-electron chi connectivity index (χ4n) is 2.37. The average Bonchev–Trinajstić information content (AvgIpc) is 2.35. The molecule has 0 spiro atoms. The lowest BCUT2D eigenvalue weighted by molar-refractivity contribution is 0.171. The third kappa shape index (κ3) is 2.55. The second-order valence-electron chi connectivity index (χ2n) is 4.52. The van der Waals surface area contributed by atoms with E-state index in [1.807, 2.05) is 7.05 Å². The Kier molecular flexibility index (Phi) is 3.89. The number of fused-ring (bicyclic) bond motifs is 1. The molecule has 1 aliphatic rings. The monoisotopic (exact) mass is 235 g/mol. The van der Waals surface area contributed by atoms with Crippen molar-refractivity contribution in [2.45, 2.75) is 26.2 Å². The molecular weight excluding hydrogens is 214 g/mol. The fraction of sp³-hybridized carbons (Fsp3) is 0.571. The molecule has 0 saturated carbocycles. The molecule has 94 valence electrons. The zero-order valence-corrected chi connectivity index (χ0v) is 10.9. The highest BCUT2D eigenvalue weighted by Gasteiger charge is 2.18. The molecule has 1 aromatic carbocycles. The van der Waals surface area contributed by atoms with E-state index in [1.54, 1.807) is 0 Å². The van der Waals surface area contributed by atoms with E-state index < -0.39 is 0 Å². The Morgan fingerprint density at radius 2 is 1.88 bits per heavy atom. The Morgan fingerprint density at radius 1 is 1.24 bits per heavy atom. The number of ether oxygens (including phenoxy) is 2. The quantitative estimate of drug-likeness (QED) is 0.869. The molecule has 1 N–H and O–H groups in total. The van der Waals surface area contributed by atoms with Gasteiger partial charge in [0.15, 0.2) is 11.5 Å². The SMILES string of the molecule is CCC(CNC)c1cc2c(cc1C)OCCO2. The lowest BCUT2D eigenvalue weighted by Crippen LogP contribution is -2.19. The summed E-state index contributed by atoms with van der Waals surface area (Å²) >= 11 is 0. The van der Waals surface area contributed by atoms with Crippen LogP contribution in [0.2, 0.25) is 0 Å². The summed E-state index contributed by atoms with van der Waals surface area (Å²) in [5.41, 5.74) is 2.66. The maximum atomic E-state index is 5.65. The molecule has 0 aromatic heterocycles. The van der Waals surface area contributed by atoms with Crippen LogP contribution in [-0.4, -0.2) is 26.8 Å². The van der Waals surface area contributed by atoms with Crippen LogP contribution in [0, 0.1) is 6.92 Å². The van der Waals surface area contributed by atoms with E-state index in [-0.39, 0.29) is 0 Å². The van der Waals surface area contributed by atoms with Crippen molar-refractivity contribution in [2.75, 3.05) is 26.8 Å². The third-order valence-electron chi connectivity index (χ3n) is 3.31. The van der Waals surface area contributed by atoms with E-state index in [2.05, 4.69) is 31.3 Å². The van der Waals surface area contributed by atoms with Crippen molar-refractivity contribution >= 4 is 0 Å². The molecule has 2 rings (SSSR count). The molecule has 0 fully saturated rings. The van der Waals surface area contributed by atoms with Gasteiger partial charge in [0.1, 0.15) is 13.2 Å². The van der Waals surface area contributed by atoms with Gasteiger partial charge in [0.2, 0.25) is 0 Å². The van der Waals surface area contributed by atoms with Crippen molar-refractivity contribution in [2.24, 2.45) is 0 Å². The average molecular weight is 235 g/mol. The van der Waals surface area contributed by atoms with Crippen LogP contribution in [0.4, 0.5) is 0 Å². The van der Waals surface area contributed by atoms with Gasteiger partial charge in [0.05, 0.1) is 0 Å². The number of likely N-dealkylation sites (N-methyl/N-ethyl adjacent to an activating group) is 1. The summed E-state index contributed by atoms with van der Waals surface area (Å²) in [7, 11) is 2.00. The van der Waals surface area contributed by atoms with Gasteiger partial charge < -0.3 is 14.8 Å². The summed E-state index contributed by atoms with van der Waals surface area (Å²) in [6.45, 7) is 6.67. The van der Waals surface area contributed by atoms with Gasteiger partial charge in [-0.2, -0.15) is 0 Å². The summed E-state index contributed by atoms with van der Waals surface area (Å²) in [6.07, 6.45) is 1.13. The van der Waals surface area contributed by atoms with Crippen molar-refractivity contribution in [3.8, 4) is 11.5 Å². The first-order chi connectivity index (χ1) is 8.26. The van der Waals surface area contributed by atoms with Crippen LogP contribution >= 0.6 is 0 Å². The molecule has 3 heteroatoms. The highest BCUT2D eigenvalue weighted by molar-refractivity contribution is 5.49. The molecule has 0 aliphatic carbocycles. The second-order valence-corrected chi connectivity index (χ2v) is 4.52. The number of nitrogens with one attached hydrogen (secondary N) is 1. The van der Waals surface area contributed by atoms with E-state index in [0.29, 0.717) is 19.1 Å². The lowest BCUT2D eigenvalue weighted by Gasteiger charge is -2.23. The minimum Gasteiger partial charge on any atom is -0.486 e. The minimum atomic E-state index is 0.538. The van der Waals surface area contributed by atoms with Crippen molar-refractivity contribution in [3.05, 3.63) is 23.3 Å². The van der Waals surface area contributed by atoms with Gasteiger partial charge >= 0.3 is 0 Å². The van der Waals surface area contributed by atoms with Crippen LogP contribution < -0.4 is 14.8 Å². The molecule has 0 amide bonds. The van der Waals surface area contributed by atoms with E-state index in [9.17, 15) is 0 Å². The van der Waals surface area contributed by atoms with Gasteiger partial charge in [-0.3, -0.25) is 0 Å². The normalized spacial score (nSPS) is 15.7. The van der Waals surface area contributed by atoms with E-state index >= 15 is 0 Å². The van der Waals surface area contributed by atoms with Gasteiger partial charge in [0.25, 0.3) is 0 Å². The first-order valence-corrected chi connectivity index (χ1v) is 6.31. The van der Waals surface area contributed by atoms with E-state index in [0.717, 1.165) is 24.5 Å². The van der Waals surface area contributed by atoms with Crippen LogP contribution in [0.25, 0.3) is 0 Å². The first-order valence-electron chi connectivity index (χ1n) is 6.31. The Hall–Kier alpha value is -1.22. The smallest absolute Gasteiger partial charge is 0.161 e. The van der Waals surface area contributed by atoms with Gasteiger partial charge in [-0.1, -0.05) is 6.92 Å². The maximum absolute atomic E-state index is 5.65. The number of hydrogen-bond donors (Lipinski definition) is 1. The van der Waals surface area contributed by atoms with Crippen LogP contribution in [-0.2, 0) is 0 Å². The molecule has 1 unspecified atom stereocenters. The third-order valence-corrected chi connectivity index (χ3v) is 3.31. The molecule has 0 bridgehead atoms. The largest absolute Gasteiger partial charge is 0.486 e. The molecule has 0 radical (unpaired) electrons. The topological polar surface area (TPSA) is 30.5 Å². The van der Waals surface area contributed by atoms with Crippen molar-refractivity contribution < 1.29 is 9.47 Å². The predicted octanol–water partition coefficient (Wildman–Crippen LogP) is 2.48. The Labute approximate surface area is 103 Å². The highest BCUT2D eigenvalue weighted by atomic mass is 16.6. The van der Waals surface area contributed by atoms with Gasteiger partial charge in [0, 0.05) is 6.54 Å². The summed E-state index contributed by atoms with van der Waals surface area (Å²) in [5.74, 6) is 2.32. The maximum Gasteiger partial charge on any atom is 0.161 e. The number of aryl methyl sites for hydroxylation is 1. The standard InChI is InChI=1S/C14H21NO2/c1-4-11(9-15-3)12-8-14-13(7-10(12)2)16-5-6-17-14/h7-8,11,15H,4-6,9H2,1-3H3. The molecule has 3 nitrogen and oxygen atoms in total. The van der Waals surface area contributed by atoms with Gasteiger partial charge in [-0.15, -0.1) is 0 Å². The van der Waals surface area contributed by atoms with Crippen molar-refractivity contribution in [1.82, 2.24) is 5.32 Å². The summed E-state index contributed by atoms with van der Waals surface area (Å²) in [4.78, 5) is 0. The summed E-state index contributed by atoms with van der Waals surface area (Å²) in [5, 5.41) is 3.25. The van der Waals surface area contributed by atoms with Crippen molar-refractivity contribution in [3.63, 3.8) is 0 Å². The fourth-order valence-corrected chi connectivity index (χ4v) is 2.37. The Morgan fingerprint density at radius 3 is 2.47 bits per heavy atom. The Balaban J connectivity index is 2.33. The first kappa shape index (κ1) is 12.2. The molecule has 1 heterocycles. The molecule has 1 atom stereocenters. The van der Waals surface area contributed by atoms with E-state index in [4.69, 9.17) is 9.47 Å². The zero-order chi connectivity index (χ0) is 12.3. The molecular formula is C14H21NO2. The van der Waals surface area contributed by atoms with Crippen LogP contribution in [0.3, 0.4) is 0 Å². The number of benzene rings is 1. The number of hydrogen-bond acceptors (Lipinski definition) is 3.